The first-order chi connectivity index (χ1) is 19.4. The van der Waals surface area contributed by atoms with Gasteiger partial charge < -0.3 is 14.4 Å². The third-order valence-electron chi connectivity index (χ3n) is 8.05. The van der Waals surface area contributed by atoms with Crippen molar-refractivity contribution >= 4 is 44.0 Å². The number of pyridine rings is 1. The number of carbonyl (C=O) groups excluding carboxylic acids is 1. The summed E-state index contributed by atoms with van der Waals surface area (Å²) in [6.45, 7) is 11.5. The largest absolute Gasteiger partial charge is 0.494 e. The summed E-state index contributed by atoms with van der Waals surface area (Å²) in [5.41, 5.74) is 1.26. The Morgan fingerprint density at radius 3 is 2.60 bits per heavy atom. The monoisotopic (exact) mass is 561 g/mol. The molecule has 40 heavy (non-hydrogen) atoms. The Bertz CT molecular complexity index is 1520. The summed E-state index contributed by atoms with van der Waals surface area (Å²) in [6.07, 6.45) is 2.69. The molecule has 2 aromatic carbocycles. The van der Waals surface area contributed by atoms with E-state index in [-0.39, 0.29) is 18.3 Å². The van der Waals surface area contributed by atoms with Crippen LogP contribution in [0.3, 0.4) is 0 Å². The molecule has 212 valence electrons. The number of anilines is 1. The number of esters is 1. The number of ether oxygens (including phenoxy) is 2. The average Bonchev–Trinajstić information content (AvgIpc) is 3.46. The molecule has 0 saturated carbocycles. The Labute approximate surface area is 239 Å². The quantitative estimate of drug-likeness (QED) is 0.162. The standard InChI is InChI=1S/C32H39N3O4S/c1-4-32(2,3)31(37)39-23-35-28-22-25(12-10-24(28)11-13-30(35)36)38-20-6-5-15-33-16-18-34(19-17-33)27-8-7-9-29-26(27)14-21-40-29/h7-14,21-22H,4-6,15-20,23H2,1-3H3. The van der Waals surface area contributed by atoms with Crippen molar-refractivity contribution in [3.05, 3.63) is 70.3 Å². The number of aromatic nitrogens is 1. The van der Waals surface area contributed by atoms with Gasteiger partial charge in [0.05, 0.1) is 17.5 Å². The zero-order chi connectivity index (χ0) is 28.1. The lowest BCUT2D eigenvalue weighted by Gasteiger charge is -2.36. The molecule has 0 bridgehead atoms. The highest BCUT2D eigenvalue weighted by molar-refractivity contribution is 7.17. The summed E-state index contributed by atoms with van der Waals surface area (Å²) in [7, 11) is 0. The summed E-state index contributed by atoms with van der Waals surface area (Å²) in [5, 5.41) is 4.44. The second-order valence-electron chi connectivity index (χ2n) is 11.1. The minimum absolute atomic E-state index is 0.114. The van der Waals surface area contributed by atoms with Crippen molar-refractivity contribution < 1.29 is 14.3 Å². The first-order valence-electron chi connectivity index (χ1n) is 14.2. The highest BCUT2D eigenvalue weighted by Gasteiger charge is 2.27. The molecule has 0 radical (unpaired) electrons. The topological polar surface area (TPSA) is 64.0 Å². The Morgan fingerprint density at radius 1 is 1.00 bits per heavy atom. The molecule has 8 heteroatoms. The number of nitrogens with zero attached hydrogens (tertiary/aromatic N) is 3. The average molecular weight is 562 g/mol. The van der Waals surface area contributed by atoms with Gasteiger partial charge in [0, 0.05) is 54.1 Å². The van der Waals surface area contributed by atoms with E-state index < -0.39 is 5.41 Å². The fraction of sp³-hybridized carbons (Fsp3) is 0.438. The van der Waals surface area contributed by atoms with E-state index in [0.29, 0.717) is 24.3 Å². The number of fused-ring (bicyclic) bond motifs is 2. The summed E-state index contributed by atoms with van der Waals surface area (Å²) in [5.74, 6) is 0.399. The Kier molecular flexibility index (Phi) is 8.76. The van der Waals surface area contributed by atoms with E-state index in [0.717, 1.165) is 51.0 Å². The molecule has 1 aliphatic heterocycles. The van der Waals surface area contributed by atoms with E-state index >= 15 is 0 Å². The normalized spacial score (nSPS) is 14.6. The van der Waals surface area contributed by atoms with Crippen LogP contribution in [0.15, 0.2) is 64.8 Å². The van der Waals surface area contributed by atoms with E-state index in [1.165, 1.54) is 26.4 Å². The van der Waals surface area contributed by atoms with E-state index in [9.17, 15) is 9.59 Å². The van der Waals surface area contributed by atoms with Crippen LogP contribution >= 0.6 is 11.3 Å². The smallest absolute Gasteiger partial charge is 0.313 e. The van der Waals surface area contributed by atoms with Gasteiger partial charge in [-0.25, -0.2) is 0 Å². The number of rotatable bonds is 11. The van der Waals surface area contributed by atoms with Gasteiger partial charge in [-0.05, 0) is 86.8 Å². The molecule has 1 aliphatic rings. The molecule has 0 aliphatic carbocycles. The molecule has 4 aromatic rings. The second kappa shape index (κ2) is 12.4. The molecule has 5 rings (SSSR count). The zero-order valence-corrected chi connectivity index (χ0v) is 24.5. The Balaban J connectivity index is 1.09. The molecule has 3 heterocycles. The summed E-state index contributed by atoms with van der Waals surface area (Å²) < 4.78 is 14.4. The maximum Gasteiger partial charge on any atom is 0.313 e. The minimum atomic E-state index is -0.589. The van der Waals surface area contributed by atoms with Crippen LogP contribution in [0.1, 0.15) is 40.0 Å². The maximum atomic E-state index is 12.6. The lowest BCUT2D eigenvalue weighted by molar-refractivity contribution is -0.158. The van der Waals surface area contributed by atoms with Crippen LogP contribution in [0.25, 0.3) is 21.0 Å². The van der Waals surface area contributed by atoms with Gasteiger partial charge >= 0.3 is 5.97 Å². The van der Waals surface area contributed by atoms with E-state index in [4.69, 9.17) is 9.47 Å². The molecule has 7 nitrogen and oxygen atoms in total. The van der Waals surface area contributed by atoms with Crippen LogP contribution in [0.5, 0.6) is 5.75 Å². The number of piperazine rings is 1. The van der Waals surface area contributed by atoms with Crippen LogP contribution in [0.4, 0.5) is 5.69 Å². The van der Waals surface area contributed by atoms with E-state index in [1.807, 2.05) is 39.0 Å². The van der Waals surface area contributed by atoms with E-state index in [2.05, 4.69) is 39.4 Å². The van der Waals surface area contributed by atoms with Crippen LogP contribution in [0.2, 0.25) is 0 Å². The third kappa shape index (κ3) is 6.34. The summed E-state index contributed by atoms with van der Waals surface area (Å²) >= 11 is 1.80. The summed E-state index contributed by atoms with van der Waals surface area (Å²) in [6, 6.07) is 17.9. The first kappa shape index (κ1) is 28.2. The molecule has 0 N–H and O–H groups in total. The fourth-order valence-electron chi connectivity index (χ4n) is 5.05. The van der Waals surface area contributed by atoms with Gasteiger partial charge in [0.2, 0.25) is 0 Å². The number of unbranched alkanes of at least 4 members (excludes halogenated alkanes) is 1. The van der Waals surface area contributed by atoms with Crippen molar-refractivity contribution in [3.8, 4) is 5.75 Å². The second-order valence-corrected chi connectivity index (χ2v) is 12.1. The number of hydrogen-bond acceptors (Lipinski definition) is 7. The van der Waals surface area contributed by atoms with Crippen molar-refractivity contribution in [2.24, 2.45) is 5.41 Å². The highest BCUT2D eigenvalue weighted by Crippen LogP contribution is 2.31. The SMILES string of the molecule is CCC(C)(C)C(=O)OCn1c(=O)ccc2ccc(OCCCCN3CCN(c4cccc5sccc45)CC3)cc21. The van der Waals surface area contributed by atoms with Crippen LogP contribution in [0, 0.1) is 5.41 Å². The van der Waals surface area contributed by atoms with Gasteiger partial charge in [0.25, 0.3) is 5.56 Å². The number of benzene rings is 2. The number of hydrogen-bond donors (Lipinski definition) is 0. The van der Waals surface area contributed by atoms with Crippen molar-refractivity contribution in [2.75, 3.05) is 44.2 Å². The lowest BCUT2D eigenvalue weighted by atomic mass is 9.91. The molecule has 1 fully saturated rings. The fourth-order valence-corrected chi connectivity index (χ4v) is 5.85. The molecule has 0 atom stereocenters. The maximum absolute atomic E-state index is 12.6. The van der Waals surface area contributed by atoms with Crippen LogP contribution in [-0.2, 0) is 16.3 Å². The molecule has 0 amide bonds. The van der Waals surface area contributed by atoms with Crippen molar-refractivity contribution in [3.63, 3.8) is 0 Å². The Hall–Kier alpha value is -3.36. The zero-order valence-electron chi connectivity index (χ0n) is 23.7. The molecule has 1 saturated heterocycles. The Morgan fingerprint density at radius 2 is 1.80 bits per heavy atom. The molecule has 2 aromatic heterocycles. The van der Waals surface area contributed by atoms with Gasteiger partial charge in [-0.1, -0.05) is 13.0 Å². The van der Waals surface area contributed by atoms with Crippen molar-refractivity contribution in [1.29, 1.82) is 0 Å². The predicted molar refractivity (Wildman–Crippen MR) is 164 cm³/mol. The third-order valence-corrected chi connectivity index (χ3v) is 8.93. The van der Waals surface area contributed by atoms with Gasteiger partial charge in [0.15, 0.2) is 6.73 Å². The predicted octanol–water partition coefficient (Wildman–Crippen LogP) is 6.13. The number of carbonyl (C=O) groups is 1. The highest BCUT2D eigenvalue weighted by atomic mass is 32.1. The van der Waals surface area contributed by atoms with Gasteiger partial charge in [0.1, 0.15) is 5.75 Å². The van der Waals surface area contributed by atoms with Gasteiger partial charge in [-0.15, -0.1) is 11.3 Å². The molecular formula is C32H39N3O4S. The van der Waals surface area contributed by atoms with Crippen LogP contribution < -0.4 is 15.2 Å². The molecule has 0 unspecified atom stereocenters. The minimum Gasteiger partial charge on any atom is -0.494 e. The summed E-state index contributed by atoms with van der Waals surface area (Å²) in [4.78, 5) is 30.1. The molecule has 0 spiro atoms. The van der Waals surface area contributed by atoms with Gasteiger partial charge in [-0.2, -0.15) is 0 Å². The lowest BCUT2D eigenvalue weighted by Crippen LogP contribution is -2.46. The van der Waals surface area contributed by atoms with Crippen molar-refractivity contribution in [2.45, 2.75) is 46.8 Å². The van der Waals surface area contributed by atoms with E-state index in [1.54, 1.807) is 17.4 Å². The van der Waals surface area contributed by atoms with Gasteiger partial charge in [-0.3, -0.25) is 19.1 Å². The first-order valence-corrected chi connectivity index (χ1v) is 15.1. The number of thiophene rings is 1. The molecular weight excluding hydrogens is 522 g/mol. The van der Waals surface area contributed by atoms with Crippen molar-refractivity contribution in [1.82, 2.24) is 9.47 Å². The van der Waals surface area contributed by atoms with Crippen LogP contribution in [-0.4, -0.2) is 54.8 Å².